The number of methoxy groups -OCH3 is 1. The Bertz CT molecular complexity index is 157. The smallest absolute Gasteiger partial charge is 0.189 e. The minimum atomic E-state index is -1.38. The molecule has 0 aromatic carbocycles. The van der Waals surface area contributed by atoms with Crippen molar-refractivity contribution in [2.75, 3.05) is 13.7 Å². The van der Waals surface area contributed by atoms with Gasteiger partial charge in [0.25, 0.3) is 0 Å². The van der Waals surface area contributed by atoms with Crippen molar-refractivity contribution >= 4 is 5.78 Å². The van der Waals surface area contributed by atoms with Gasteiger partial charge < -0.3 is 19.7 Å². The van der Waals surface area contributed by atoms with Crippen LogP contribution < -0.4 is 0 Å². The van der Waals surface area contributed by atoms with Gasteiger partial charge in [-0.25, -0.2) is 0 Å². The second-order valence-electron chi connectivity index (χ2n) is 2.32. The minimum absolute atomic E-state index is 0.212. The monoisotopic (exact) mass is 162 g/mol. The highest BCUT2D eigenvalue weighted by molar-refractivity contribution is 5.85. The summed E-state index contributed by atoms with van der Waals surface area (Å²) in [4.78, 5) is 10.7. The van der Waals surface area contributed by atoms with Gasteiger partial charge in [-0.15, -0.1) is 0 Å². The molecule has 0 unspecified atom stereocenters. The third-order valence-corrected chi connectivity index (χ3v) is 1.55. The summed E-state index contributed by atoms with van der Waals surface area (Å²) in [6, 6.07) is 0. The third-order valence-electron chi connectivity index (χ3n) is 1.55. The van der Waals surface area contributed by atoms with Gasteiger partial charge in [0, 0.05) is 7.11 Å². The van der Waals surface area contributed by atoms with Crippen LogP contribution in [0.5, 0.6) is 0 Å². The molecule has 5 heteroatoms. The molecule has 0 amide bonds. The molecule has 11 heavy (non-hydrogen) atoms. The maximum absolute atomic E-state index is 10.7. The van der Waals surface area contributed by atoms with Crippen LogP contribution in [0.4, 0.5) is 0 Å². The maximum Gasteiger partial charge on any atom is 0.189 e. The maximum atomic E-state index is 10.7. The molecular formula is C6H10O5. The van der Waals surface area contributed by atoms with E-state index in [9.17, 15) is 4.79 Å². The van der Waals surface area contributed by atoms with Gasteiger partial charge in [0.05, 0.1) is 0 Å². The fraction of sp³-hybridized carbons (Fsp3) is 0.833. The predicted octanol–water partition coefficient (Wildman–Crippen LogP) is -1.72. The summed E-state index contributed by atoms with van der Waals surface area (Å²) in [6.07, 6.45) is -3.56. The Morgan fingerprint density at radius 1 is 1.64 bits per heavy atom. The molecule has 0 aromatic rings. The number of Topliss-reactive ketones (excluding diaryl/α,β-unsaturated/α-hetero) is 1. The molecule has 0 radical (unpaired) electrons. The van der Waals surface area contributed by atoms with Crippen LogP contribution in [0.3, 0.4) is 0 Å². The highest BCUT2D eigenvalue weighted by Gasteiger charge is 2.37. The largest absolute Gasteiger partial charge is 0.385 e. The molecule has 0 bridgehead atoms. The van der Waals surface area contributed by atoms with E-state index in [0.29, 0.717) is 0 Å². The molecule has 1 rings (SSSR count). The van der Waals surface area contributed by atoms with E-state index >= 15 is 0 Å². The van der Waals surface area contributed by atoms with Crippen LogP contribution in [0.15, 0.2) is 0 Å². The summed E-state index contributed by atoms with van der Waals surface area (Å²) in [5.74, 6) is -0.522. The highest BCUT2D eigenvalue weighted by Crippen LogP contribution is 2.12. The zero-order valence-electron chi connectivity index (χ0n) is 6.06. The third kappa shape index (κ3) is 1.57. The highest BCUT2D eigenvalue weighted by atomic mass is 16.7. The number of aliphatic hydroxyl groups is 2. The Kier molecular flexibility index (Phi) is 2.56. The number of hydrogen-bond donors (Lipinski definition) is 2. The Morgan fingerprint density at radius 3 is 2.82 bits per heavy atom. The number of ketones is 1. The first-order valence-electron chi connectivity index (χ1n) is 3.20. The van der Waals surface area contributed by atoms with Crippen LogP contribution in [-0.2, 0) is 14.3 Å². The molecule has 0 aromatic heterocycles. The molecule has 5 nitrogen and oxygen atoms in total. The van der Waals surface area contributed by atoms with Crippen molar-refractivity contribution in [3.05, 3.63) is 0 Å². The van der Waals surface area contributed by atoms with Crippen LogP contribution in [0, 0.1) is 0 Å². The lowest BCUT2D eigenvalue weighted by Crippen LogP contribution is -2.51. The number of ether oxygens (including phenoxy) is 2. The van der Waals surface area contributed by atoms with Crippen LogP contribution >= 0.6 is 0 Å². The van der Waals surface area contributed by atoms with E-state index in [-0.39, 0.29) is 6.61 Å². The Hall–Kier alpha value is -0.490. The quantitative estimate of drug-likeness (QED) is 0.479. The second kappa shape index (κ2) is 3.27. The molecule has 0 aliphatic carbocycles. The zero-order valence-corrected chi connectivity index (χ0v) is 6.06. The van der Waals surface area contributed by atoms with Gasteiger partial charge in [-0.05, 0) is 0 Å². The predicted molar refractivity (Wildman–Crippen MR) is 33.8 cm³/mol. The SMILES string of the molecule is CO[C@H]1OCC(=O)[C@H](O)[C@H]1O. The summed E-state index contributed by atoms with van der Waals surface area (Å²) in [6.45, 7) is -0.212. The molecule has 1 aliphatic rings. The van der Waals surface area contributed by atoms with Crippen LogP contribution in [0.25, 0.3) is 0 Å². The van der Waals surface area contributed by atoms with E-state index in [1.807, 2.05) is 0 Å². The molecule has 64 valence electrons. The Labute approximate surface area is 63.5 Å². The lowest BCUT2D eigenvalue weighted by molar-refractivity contribution is -0.225. The lowest BCUT2D eigenvalue weighted by Gasteiger charge is -2.29. The number of carbonyl (C=O) groups is 1. The van der Waals surface area contributed by atoms with Crippen molar-refractivity contribution < 1.29 is 24.5 Å². The fourth-order valence-corrected chi connectivity index (χ4v) is 0.895. The standard InChI is InChI=1S/C6H10O5/c1-10-6-5(9)4(8)3(7)2-11-6/h4-6,8-9H,2H2,1H3/t4-,5+,6-/m0/s1. The number of hydrogen-bond acceptors (Lipinski definition) is 5. The molecule has 2 N–H and O–H groups in total. The van der Waals surface area contributed by atoms with Crippen LogP contribution in [0.1, 0.15) is 0 Å². The van der Waals surface area contributed by atoms with Crippen molar-refractivity contribution in [2.24, 2.45) is 0 Å². The second-order valence-corrected chi connectivity index (χ2v) is 2.32. The first-order valence-corrected chi connectivity index (χ1v) is 3.20. The number of aliphatic hydroxyl groups excluding tert-OH is 2. The Balaban J connectivity index is 2.59. The molecule has 0 spiro atoms. The molecule has 1 fully saturated rings. The topological polar surface area (TPSA) is 76.0 Å². The summed E-state index contributed by atoms with van der Waals surface area (Å²) in [7, 11) is 1.33. The molecule has 3 atom stereocenters. The molecule has 1 aliphatic heterocycles. The average molecular weight is 162 g/mol. The van der Waals surface area contributed by atoms with Gasteiger partial charge in [0.15, 0.2) is 12.1 Å². The van der Waals surface area contributed by atoms with Gasteiger partial charge in [-0.3, -0.25) is 4.79 Å². The van der Waals surface area contributed by atoms with E-state index in [1.54, 1.807) is 0 Å². The molecule has 1 saturated heterocycles. The van der Waals surface area contributed by atoms with Gasteiger partial charge in [0.2, 0.25) is 0 Å². The van der Waals surface area contributed by atoms with Gasteiger partial charge >= 0.3 is 0 Å². The molecule has 1 heterocycles. The van der Waals surface area contributed by atoms with Crippen LogP contribution in [0.2, 0.25) is 0 Å². The summed E-state index contributed by atoms with van der Waals surface area (Å²) >= 11 is 0. The molecule has 0 saturated carbocycles. The van der Waals surface area contributed by atoms with E-state index in [1.165, 1.54) is 7.11 Å². The summed E-state index contributed by atoms with van der Waals surface area (Å²) in [5.41, 5.74) is 0. The van der Waals surface area contributed by atoms with Crippen molar-refractivity contribution in [1.29, 1.82) is 0 Å². The van der Waals surface area contributed by atoms with E-state index in [0.717, 1.165) is 0 Å². The van der Waals surface area contributed by atoms with Crippen molar-refractivity contribution in [1.82, 2.24) is 0 Å². The van der Waals surface area contributed by atoms with Gasteiger partial charge in [0.1, 0.15) is 18.8 Å². The van der Waals surface area contributed by atoms with Gasteiger partial charge in [-0.1, -0.05) is 0 Å². The number of carbonyl (C=O) groups excluding carboxylic acids is 1. The average Bonchev–Trinajstić information content (AvgIpc) is 2.01. The van der Waals surface area contributed by atoms with E-state index < -0.39 is 24.3 Å². The number of rotatable bonds is 1. The van der Waals surface area contributed by atoms with Crippen molar-refractivity contribution in [3.8, 4) is 0 Å². The fourth-order valence-electron chi connectivity index (χ4n) is 0.895. The van der Waals surface area contributed by atoms with E-state index in [2.05, 4.69) is 4.74 Å². The molecular weight excluding hydrogens is 152 g/mol. The van der Waals surface area contributed by atoms with Crippen molar-refractivity contribution in [3.63, 3.8) is 0 Å². The first kappa shape index (κ1) is 8.61. The lowest BCUT2D eigenvalue weighted by atomic mass is 10.1. The summed E-state index contributed by atoms with van der Waals surface area (Å²) < 4.78 is 9.38. The zero-order chi connectivity index (χ0) is 8.43. The Morgan fingerprint density at radius 2 is 2.27 bits per heavy atom. The minimum Gasteiger partial charge on any atom is -0.385 e. The van der Waals surface area contributed by atoms with Crippen molar-refractivity contribution in [2.45, 2.75) is 18.5 Å². The first-order chi connectivity index (χ1) is 5.16. The van der Waals surface area contributed by atoms with Gasteiger partial charge in [-0.2, -0.15) is 0 Å². The summed E-state index contributed by atoms with van der Waals surface area (Å²) in [5, 5.41) is 18.1. The van der Waals surface area contributed by atoms with Crippen LogP contribution in [-0.4, -0.2) is 48.2 Å². The van der Waals surface area contributed by atoms with E-state index in [4.69, 9.17) is 14.9 Å². The normalized spacial score (nSPS) is 39.2.